The normalized spacial score (nSPS) is 20.4. The molecule has 0 radical (unpaired) electrons. The van der Waals surface area contributed by atoms with Crippen LogP contribution >= 0.6 is 15.9 Å². The summed E-state index contributed by atoms with van der Waals surface area (Å²) in [5.41, 5.74) is -0.690. The zero-order chi connectivity index (χ0) is 25.2. The van der Waals surface area contributed by atoms with Crippen molar-refractivity contribution in [3.8, 4) is 0 Å². The summed E-state index contributed by atoms with van der Waals surface area (Å²) >= 11 is 3.21. The molecule has 2 fully saturated rings. The fourth-order valence-corrected chi connectivity index (χ4v) is 4.56. The summed E-state index contributed by atoms with van der Waals surface area (Å²) in [6.45, 7) is 3.84. The first-order valence-electron chi connectivity index (χ1n) is 11.2. The van der Waals surface area contributed by atoms with Gasteiger partial charge in [-0.2, -0.15) is 18.3 Å². The Morgan fingerprint density at radius 3 is 2.51 bits per heavy atom. The number of hydrogen-bond acceptors (Lipinski definition) is 8. The molecule has 4 rings (SSSR count). The zero-order valence-corrected chi connectivity index (χ0v) is 20.5. The molecule has 1 amide bonds. The highest BCUT2D eigenvalue weighted by Crippen LogP contribution is 2.29. The molecule has 4 heterocycles. The van der Waals surface area contributed by atoms with Crippen molar-refractivity contribution in [3.63, 3.8) is 0 Å². The summed E-state index contributed by atoms with van der Waals surface area (Å²) in [6.07, 6.45) is 0.00719. The van der Waals surface area contributed by atoms with Crippen LogP contribution in [0.25, 0.3) is 0 Å². The molecule has 2 aromatic heterocycles. The van der Waals surface area contributed by atoms with Gasteiger partial charge in [0, 0.05) is 50.5 Å². The standard InChI is InChI=1S/C21H25BrF3N7O3/c1-12(29-15-10-28-30-18(33)17(15)22)11-35-16-4-7-32(19(16)34)14-2-5-31(6-3-14)20-26-8-13(9-27-20)21(23,24)25/h8-10,12,14,16H,2-7,11H2,1H3,(H2,29,30,33)/t12-,16-/m0/s1. The molecule has 2 N–H and O–H groups in total. The SMILES string of the molecule is C[C@@H](CO[C@H]1CCN(C2CCN(c3ncc(C(F)(F)F)cn3)CC2)C1=O)Nc1cn[nH]c(=O)c1Br. The minimum atomic E-state index is -4.47. The molecule has 2 aliphatic heterocycles. The number of amides is 1. The van der Waals surface area contributed by atoms with Crippen molar-refractivity contribution >= 4 is 33.5 Å². The maximum Gasteiger partial charge on any atom is 0.419 e. The van der Waals surface area contributed by atoms with E-state index in [2.05, 4.69) is 41.4 Å². The van der Waals surface area contributed by atoms with Gasteiger partial charge in [-0.1, -0.05) is 0 Å². The van der Waals surface area contributed by atoms with E-state index >= 15 is 0 Å². The number of likely N-dealkylation sites (tertiary alicyclic amines) is 1. The van der Waals surface area contributed by atoms with E-state index in [0.717, 1.165) is 12.4 Å². The van der Waals surface area contributed by atoms with Crippen molar-refractivity contribution in [2.24, 2.45) is 0 Å². The first-order chi connectivity index (χ1) is 16.6. The van der Waals surface area contributed by atoms with E-state index < -0.39 is 17.8 Å². The third-order valence-electron chi connectivity index (χ3n) is 6.09. The lowest BCUT2D eigenvalue weighted by atomic mass is 10.0. The first kappa shape index (κ1) is 25.4. The van der Waals surface area contributed by atoms with Crippen molar-refractivity contribution in [2.75, 3.05) is 36.5 Å². The minimum Gasteiger partial charge on any atom is -0.378 e. The van der Waals surface area contributed by atoms with Gasteiger partial charge in [-0.05, 0) is 35.7 Å². The van der Waals surface area contributed by atoms with Crippen molar-refractivity contribution in [2.45, 2.75) is 50.6 Å². The van der Waals surface area contributed by atoms with Crippen LogP contribution in [0.3, 0.4) is 0 Å². The number of aromatic nitrogens is 4. The smallest absolute Gasteiger partial charge is 0.378 e. The molecule has 0 aliphatic carbocycles. The quantitative estimate of drug-likeness (QED) is 0.531. The number of hydrogen-bond donors (Lipinski definition) is 2. The van der Waals surface area contributed by atoms with Crippen LogP contribution in [0.4, 0.5) is 24.8 Å². The maximum atomic E-state index is 12.9. The van der Waals surface area contributed by atoms with Gasteiger partial charge >= 0.3 is 6.18 Å². The van der Waals surface area contributed by atoms with Gasteiger partial charge in [0.1, 0.15) is 10.6 Å². The van der Waals surface area contributed by atoms with Gasteiger partial charge in [0.25, 0.3) is 11.5 Å². The van der Waals surface area contributed by atoms with Crippen LogP contribution in [0.1, 0.15) is 31.7 Å². The van der Waals surface area contributed by atoms with Gasteiger partial charge in [0.15, 0.2) is 0 Å². The highest BCUT2D eigenvalue weighted by molar-refractivity contribution is 9.10. The number of nitrogens with one attached hydrogen (secondary N) is 2. The van der Waals surface area contributed by atoms with Gasteiger partial charge in [-0.15, -0.1) is 0 Å². The molecule has 14 heteroatoms. The largest absolute Gasteiger partial charge is 0.419 e. The van der Waals surface area contributed by atoms with E-state index in [-0.39, 0.29) is 36.1 Å². The lowest BCUT2D eigenvalue weighted by Gasteiger charge is -2.36. The molecule has 0 saturated carbocycles. The second-order valence-corrected chi connectivity index (χ2v) is 9.40. The van der Waals surface area contributed by atoms with Crippen molar-refractivity contribution in [3.05, 3.63) is 39.0 Å². The topological polar surface area (TPSA) is 116 Å². The van der Waals surface area contributed by atoms with Crippen LogP contribution in [-0.4, -0.2) is 75.4 Å². The molecule has 2 aliphatic rings. The van der Waals surface area contributed by atoms with Crippen LogP contribution in [0.5, 0.6) is 0 Å². The van der Waals surface area contributed by atoms with E-state index in [9.17, 15) is 22.8 Å². The Morgan fingerprint density at radius 1 is 1.17 bits per heavy atom. The molecule has 0 aromatic carbocycles. The summed E-state index contributed by atoms with van der Waals surface area (Å²) in [7, 11) is 0. The van der Waals surface area contributed by atoms with E-state index in [4.69, 9.17) is 4.74 Å². The highest BCUT2D eigenvalue weighted by Gasteiger charge is 2.38. The third-order valence-corrected chi connectivity index (χ3v) is 6.88. The number of H-pyrrole nitrogens is 1. The van der Waals surface area contributed by atoms with E-state index in [0.29, 0.717) is 49.1 Å². The summed E-state index contributed by atoms with van der Waals surface area (Å²) < 4.78 is 44.4. The average Bonchev–Trinajstić information content (AvgIpc) is 3.20. The summed E-state index contributed by atoms with van der Waals surface area (Å²) in [5, 5.41) is 9.22. The van der Waals surface area contributed by atoms with Gasteiger partial charge in [-0.3, -0.25) is 9.59 Å². The number of anilines is 2. The Bertz CT molecular complexity index is 1090. The van der Waals surface area contributed by atoms with Crippen LogP contribution in [0.2, 0.25) is 0 Å². The molecule has 190 valence electrons. The zero-order valence-electron chi connectivity index (χ0n) is 18.9. The molecule has 0 bridgehead atoms. The molecule has 2 saturated heterocycles. The van der Waals surface area contributed by atoms with Crippen LogP contribution in [0, 0.1) is 0 Å². The fraction of sp³-hybridized carbons (Fsp3) is 0.571. The second-order valence-electron chi connectivity index (χ2n) is 8.60. The number of aromatic amines is 1. The Balaban J connectivity index is 1.24. The number of nitrogens with zero attached hydrogens (tertiary/aromatic N) is 5. The molecular formula is C21H25BrF3N7O3. The van der Waals surface area contributed by atoms with Crippen molar-refractivity contribution in [1.29, 1.82) is 0 Å². The Morgan fingerprint density at radius 2 is 1.86 bits per heavy atom. The number of alkyl halides is 3. The molecule has 35 heavy (non-hydrogen) atoms. The van der Waals surface area contributed by atoms with Gasteiger partial charge in [0.05, 0.1) is 24.1 Å². The first-order valence-corrected chi connectivity index (χ1v) is 12.0. The highest BCUT2D eigenvalue weighted by atomic mass is 79.9. The Kier molecular flexibility index (Phi) is 7.59. The van der Waals surface area contributed by atoms with Gasteiger partial charge < -0.3 is 19.9 Å². The summed E-state index contributed by atoms with van der Waals surface area (Å²) in [4.78, 5) is 36.0. The maximum absolute atomic E-state index is 12.9. The molecular weight excluding hydrogens is 535 g/mol. The summed E-state index contributed by atoms with van der Waals surface area (Å²) in [6, 6.07) is -0.126. The van der Waals surface area contributed by atoms with E-state index in [1.54, 1.807) is 0 Å². The van der Waals surface area contributed by atoms with Crippen molar-refractivity contribution in [1.82, 2.24) is 25.1 Å². The van der Waals surface area contributed by atoms with Gasteiger partial charge in [0.2, 0.25) is 5.95 Å². The number of carbonyl (C=O) groups is 1. The number of rotatable bonds is 7. The van der Waals surface area contributed by atoms with Gasteiger partial charge in [-0.25, -0.2) is 15.1 Å². The number of halogens is 4. The van der Waals surface area contributed by atoms with Crippen LogP contribution < -0.4 is 15.8 Å². The minimum absolute atomic E-state index is 0.0374. The average molecular weight is 560 g/mol. The molecule has 0 unspecified atom stereocenters. The molecule has 2 aromatic rings. The fourth-order valence-electron chi connectivity index (χ4n) is 4.25. The molecule has 0 spiro atoms. The summed E-state index contributed by atoms with van der Waals surface area (Å²) in [5.74, 6) is 0.203. The van der Waals surface area contributed by atoms with Crippen molar-refractivity contribution < 1.29 is 22.7 Å². The number of ether oxygens (including phenoxy) is 1. The predicted molar refractivity (Wildman–Crippen MR) is 124 cm³/mol. The second kappa shape index (κ2) is 10.5. The Hall–Kier alpha value is -2.74. The van der Waals surface area contributed by atoms with E-state index in [1.165, 1.54) is 6.20 Å². The van der Waals surface area contributed by atoms with Crippen LogP contribution in [-0.2, 0) is 15.7 Å². The monoisotopic (exact) mass is 559 g/mol. The Labute approximate surface area is 207 Å². The number of piperidine rings is 1. The van der Waals surface area contributed by atoms with E-state index in [1.807, 2.05) is 16.7 Å². The predicted octanol–water partition coefficient (Wildman–Crippen LogP) is 2.43. The third kappa shape index (κ3) is 5.92. The lowest BCUT2D eigenvalue weighted by Crippen LogP contribution is -2.47. The molecule has 2 atom stereocenters. The molecule has 10 nitrogen and oxygen atoms in total. The van der Waals surface area contributed by atoms with Crippen LogP contribution in [0.15, 0.2) is 27.9 Å². The lowest BCUT2D eigenvalue weighted by molar-refractivity contribution is -0.139. The number of carbonyl (C=O) groups excluding carboxylic acids is 1.